The Labute approximate surface area is 193 Å². The van der Waals surface area contributed by atoms with Gasteiger partial charge >= 0.3 is 0 Å². The number of halogens is 2. The van der Waals surface area contributed by atoms with Gasteiger partial charge in [-0.3, -0.25) is 19.8 Å². The lowest BCUT2D eigenvalue weighted by molar-refractivity contribution is -0.384. The van der Waals surface area contributed by atoms with Gasteiger partial charge in [-0.15, -0.1) is 0 Å². The number of hydrogen-bond donors (Lipinski definition) is 0. The molecule has 0 bridgehead atoms. The second-order valence-electron chi connectivity index (χ2n) is 6.12. The van der Waals surface area contributed by atoms with Crippen molar-refractivity contribution in [3.05, 3.63) is 84.9 Å². The van der Waals surface area contributed by atoms with E-state index >= 15 is 0 Å². The summed E-state index contributed by atoms with van der Waals surface area (Å²) in [6.45, 7) is 0. The van der Waals surface area contributed by atoms with E-state index in [0.717, 1.165) is 0 Å². The van der Waals surface area contributed by atoms with Gasteiger partial charge in [-0.2, -0.15) is 0 Å². The fourth-order valence-corrected chi connectivity index (χ4v) is 4.85. The van der Waals surface area contributed by atoms with E-state index < -0.39 is 4.92 Å². The highest BCUT2D eigenvalue weighted by Gasteiger charge is 2.33. The molecule has 0 N–H and O–H groups in total. The van der Waals surface area contributed by atoms with Crippen molar-refractivity contribution >= 4 is 79.2 Å². The molecule has 2 heterocycles. The van der Waals surface area contributed by atoms with E-state index in [4.69, 9.17) is 28.2 Å². The second kappa shape index (κ2) is 8.35. The van der Waals surface area contributed by atoms with Crippen LogP contribution in [-0.4, -0.2) is 15.2 Å². The Morgan fingerprint density at radius 3 is 2.70 bits per heavy atom. The van der Waals surface area contributed by atoms with Crippen LogP contribution in [0.1, 0.15) is 5.76 Å². The zero-order chi connectivity index (χ0) is 21.4. The molecule has 0 unspecified atom stereocenters. The van der Waals surface area contributed by atoms with Crippen molar-refractivity contribution in [1.82, 2.24) is 0 Å². The molecule has 30 heavy (non-hydrogen) atoms. The molecule has 10 heteroatoms. The van der Waals surface area contributed by atoms with Crippen LogP contribution >= 0.6 is 51.5 Å². The van der Waals surface area contributed by atoms with E-state index in [2.05, 4.69) is 15.9 Å². The third-order valence-electron chi connectivity index (χ3n) is 4.19. The van der Waals surface area contributed by atoms with Gasteiger partial charge in [0.25, 0.3) is 11.6 Å². The lowest BCUT2D eigenvalue weighted by Gasteiger charge is -2.14. The minimum absolute atomic E-state index is 0.0258. The van der Waals surface area contributed by atoms with Gasteiger partial charge in [-0.1, -0.05) is 41.6 Å². The molecule has 1 aliphatic heterocycles. The highest BCUT2D eigenvalue weighted by molar-refractivity contribution is 9.10. The first-order valence-corrected chi connectivity index (χ1v) is 10.8. The van der Waals surface area contributed by atoms with Crippen LogP contribution in [0.15, 0.2) is 68.4 Å². The number of nitro groups is 1. The van der Waals surface area contributed by atoms with Gasteiger partial charge in [0, 0.05) is 33.3 Å². The van der Waals surface area contributed by atoms with Gasteiger partial charge in [-0.25, -0.2) is 0 Å². The Morgan fingerprint density at radius 2 is 2.00 bits per heavy atom. The number of hydrogen-bond acceptors (Lipinski definition) is 6. The number of thioether (sulfide) groups is 1. The van der Waals surface area contributed by atoms with E-state index in [1.54, 1.807) is 48.5 Å². The summed E-state index contributed by atoms with van der Waals surface area (Å²) in [5.74, 6) is 0.705. The van der Waals surface area contributed by atoms with Crippen molar-refractivity contribution in [2.45, 2.75) is 0 Å². The van der Waals surface area contributed by atoms with Crippen LogP contribution in [0.4, 0.5) is 11.4 Å². The third kappa shape index (κ3) is 4.06. The Balaban J connectivity index is 1.61. The van der Waals surface area contributed by atoms with Crippen LogP contribution < -0.4 is 4.90 Å². The number of amides is 1. The van der Waals surface area contributed by atoms with Crippen LogP contribution in [0, 0.1) is 10.1 Å². The number of benzene rings is 2. The molecule has 3 aromatic rings. The smallest absolute Gasteiger partial charge is 0.270 e. The number of carbonyl (C=O) groups is 1. The number of nitrogens with zero attached hydrogens (tertiary/aromatic N) is 2. The number of non-ortho nitro benzene ring substituents is 1. The van der Waals surface area contributed by atoms with Gasteiger partial charge in [-0.05, 0) is 52.3 Å². The first-order valence-electron chi connectivity index (χ1n) is 8.41. The molecule has 0 spiro atoms. The van der Waals surface area contributed by atoms with Gasteiger partial charge < -0.3 is 4.42 Å². The normalized spacial score (nSPS) is 15.3. The van der Waals surface area contributed by atoms with E-state index in [-0.39, 0.29) is 11.6 Å². The van der Waals surface area contributed by atoms with Crippen LogP contribution in [-0.2, 0) is 4.79 Å². The molecule has 1 aromatic heterocycles. The molecular weight excluding hydrogens is 512 g/mol. The van der Waals surface area contributed by atoms with Gasteiger partial charge in [0.2, 0.25) is 0 Å². The largest absolute Gasteiger partial charge is 0.457 e. The maximum atomic E-state index is 12.9. The van der Waals surface area contributed by atoms with E-state index in [9.17, 15) is 14.9 Å². The van der Waals surface area contributed by atoms with Crippen molar-refractivity contribution < 1.29 is 14.1 Å². The number of thiocarbonyl (C=S) groups is 1. The van der Waals surface area contributed by atoms with Crippen LogP contribution in [0.3, 0.4) is 0 Å². The molecule has 1 aliphatic rings. The molecule has 6 nitrogen and oxygen atoms in total. The summed E-state index contributed by atoms with van der Waals surface area (Å²) in [4.78, 5) is 25.1. The first-order chi connectivity index (χ1) is 14.3. The summed E-state index contributed by atoms with van der Waals surface area (Å²) in [6.07, 6.45) is 1.62. The van der Waals surface area contributed by atoms with Crippen molar-refractivity contribution in [1.29, 1.82) is 0 Å². The average molecular weight is 522 g/mol. The molecule has 4 rings (SSSR count). The van der Waals surface area contributed by atoms with Gasteiger partial charge in [0.15, 0.2) is 4.32 Å². The topological polar surface area (TPSA) is 76.6 Å². The molecule has 0 aliphatic carbocycles. The van der Waals surface area contributed by atoms with Crippen molar-refractivity contribution in [2.24, 2.45) is 0 Å². The molecule has 0 atom stereocenters. The van der Waals surface area contributed by atoms with E-state index in [0.29, 0.717) is 41.5 Å². The minimum Gasteiger partial charge on any atom is -0.457 e. The van der Waals surface area contributed by atoms with Crippen LogP contribution in [0.5, 0.6) is 0 Å². The highest BCUT2D eigenvalue weighted by atomic mass is 79.9. The lowest BCUT2D eigenvalue weighted by Crippen LogP contribution is -2.27. The molecule has 1 amide bonds. The van der Waals surface area contributed by atoms with Gasteiger partial charge in [0.05, 0.1) is 15.5 Å². The molecule has 0 saturated carbocycles. The standard InChI is InChI=1S/C20H10BrClN2O4S2/c21-16-9-13(24(26)27)4-6-15(16)17-7-5-14(28-17)10-18-19(25)23(20(29)30-18)12-3-1-2-11(22)8-12/h1-10H/b18-10-. The number of rotatable bonds is 4. The fraction of sp³-hybridized carbons (Fsp3) is 0. The molecule has 0 radical (unpaired) electrons. The Hall–Kier alpha value is -2.46. The summed E-state index contributed by atoms with van der Waals surface area (Å²) >= 11 is 15.9. The fourth-order valence-electron chi connectivity index (χ4n) is 2.83. The van der Waals surface area contributed by atoms with Crippen LogP contribution in [0.2, 0.25) is 5.02 Å². The number of nitro benzene ring substituents is 1. The van der Waals surface area contributed by atoms with Crippen molar-refractivity contribution in [2.75, 3.05) is 4.90 Å². The summed E-state index contributed by atoms with van der Waals surface area (Å²) in [5.41, 5.74) is 1.23. The van der Waals surface area contributed by atoms with Crippen LogP contribution in [0.25, 0.3) is 17.4 Å². The maximum Gasteiger partial charge on any atom is 0.270 e. The maximum absolute atomic E-state index is 12.9. The zero-order valence-electron chi connectivity index (χ0n) is 14.9. The molecular formula is C20H10BrClN2O4S2. The summed E-state index contributed by atoms with van der Waals surface area (Å²) < 4.78 is 6.77. The highest BCUT2D eigenvalue weighted by Crippen LogP contribution is 2.38. The van der Waals surface area contributed by atoms with Crippen molar-refractivity contribution in [3.63, 3.8) is 0 Å². The first kappa shape index (κ1) is 20.8. The number of carbonyl (C=O) groups excluding carboxylic acids is 1. The third-order valence-corrected chi connectivity index (χ3v) is 6.38. The number of anilines is 1. The summed E-state index contributed by atoms with van der Waals surface area (Å²) in [6, 6.07) is 14.8. The minimum atomic E-state index is -0.468. The predicted molar refractivity (Wildman–Crippen MR) is 126 cm³/mol. The average Bonchev–Trinajstić information content (AvgIpc) is 3.26. The number of furan rings is 1. The second-order valence-corrected chi connectivity index (χ2v) is 9.09. The van der Waals surface area contributed by atoms with E-state index in [1.165, 1.54) is 28.8 Å². The summed E-state index contributed by atoms with van der Waals surface area (Å²) in [7, 11) is 0. The molecule has 1 fully saturated rings. The Bertz CT molecular complexity index is 1240. The summed E-state index contributed by atoms with van der Waals surface area (Å²) in [5, 5.41) is 11.4. The quantitative estimate of drug-likeness (QED) is 0.165. The SMILES string of the molecule is O=C1/C(=C/c2ccc(-c3ccc([N+](=O)[O-])cc3Br)o2)SC(=S)N1c1cccc(Cl)c1. The van der Waals surface area contributed by atoms with E-state index in [1.807, 2.05) is 0 Å². The predicted octanol–water partition coefficient (Wildman–Crippen LogP) is 6.68. The molecule has 150 valence electrons. The zero-order valence-corrected chi connectivity index (χ0v) is 18.8. The van der Waals surface area contributed by atoms with Gasteiger partial charge in [0.1, 0.15) is 11.5 Å². The molecule has 1 saturated heterocycles. The Kier molecular flexibility index (Phi) is 5.79. The lowest BCUT2D eigenvalue weighted by atomic mass is 10.1. The monoisotopic (exact) mass is 520 g/mol. The van der Waals surface area contributed by atoms with Crippen molar-refractivity contribution in [3.8, 4) is 11.3 Å². The molecule has 2 aromatic carbocycles. The Morgan fingerprint density at radius 1 is 1.20 bits per heavy atom.